The Kier molecular flexibility index (Phi) is 4.39. The molecule has 1 aliphatic heterocycles. The van der Waals surface area contributed by atoms with E-state index in [4.69, 9.17) is 9.15 Å². The first kappa shape index (κ1) is 17.6. The number of carbonyl (C=O) groups excluding carboxylic acids is 1. The maximum absolute atomic E-state index is 12.9. The maximum atomic E-state index is 12.9. The molecule has 0 fully saturated rings. The van der Waals surface area contributed by atoms with Gasteiger partial charge in [-0.05, 0) is 43.7 Å². The van der Waals surface area contributed by atoms with Gasteiger partial charge in [0.25, 0.3) is 5.91 Å². The predicted octanol–water partition coefficient (Wildman–Crippen LogP) is 4.07. The van der Waals surface area contributed by atoms with E-state index in [9.17, 15) is 9.90 Å². The number of phenols is 1. The summed E-state index contributed by atoms with van der Waals surface area (Å²) in [6, 6.07) is 7.77. The number of benzene rings is 1. The van der Waals surface area contributed by atoms with E-state index in [1.54, 1.807) is 36.2 Å². The molecule has 0 unspecified atom stereocenters. The molecule has 0 saturated carbocycles. The molecule has 3 heterocycles. The van der Waals surface area contributed by atoms with Gasteiger partial charge in [-0.2, -0.15) is 0 Å². The number of thiophene rings is 1. The number of hydrogen-bond donors (Lipinski definition) is 1. The second kappa shape index (κ2) is 6.74. The Morgan fingerprint density at radius 3 is 2.74 bits per heavy atom. The smallest absolute Gasteiger partial charge is 0.276 e. The van der Waals surface area contributed by atoms with E-state index in [0.29, 0.717) is 42.8 Å². The van der Waals surface area contributed by atoms with Gasteiger partial charge in [-0.15, -0.1) is 11.3 Å². The molecule has 27 heavy (non-hydrogen) atoms. The van der Waals surface area contributed by atoms with E-state index in [1.165, 1.54) is 4.88 Å². The van der Waals surface area contributed by atoms with Crippen molar-refractivity contribution in [1.29, 1.82) is 0 Å². The van der Waals surface area contributed by atoms with Crippen molar-refractivity contribution in [1.82, 2.24) is 9.88 Å². The fraction of sp³-hybridized carbons (Fsp3) is 0.300. The topological polar surface area (TPSA) is 75.8 Å². The Bertz CT molecular complexity index is 1020. The molecule has 0 radical (unpaired) electrons. The van der Waals surface area contributed by atoms with E-state index < -0.39 is 0 Å². The highest BCUT2D eigenvalue weighted by Crippen LogP contribution is 2.39. The molecule has 0 saturated heterocycles. The van der Waals surface area contributed by atoms with Crippen molar-refractivity contribution >= 4 is 17.2 Å². The van der Waals surface area contributed by atoms with Crippen molar-refractivity contribution in [3.63, 3.8) is 0 Å². The second-order valence-corrected chi connectivity index (χ2v) is 7.89. The summed E-state index contributed by atoms with van der Waals surface area (Å²) < 4.78 is 11.1. The van der Waals surface area contributed by atoms with Crippen molar-refractivity contribution in [3.8, 4) is 21.9 Å². The Labute approximate surface area is 161 Å². The quantitative estimate of drug-likeness (QED) is 0.721. The van der Waals surface area contributed by atoms with Crippen molar-refractivity contribution in [2.45, 2.75) is 27.3 Å². The summed E-state index contributed by atoms with van der Waals surface area (Å²) in [6.45, 7) is 6.55. The lowest BCUT2D eigenvalue weighted by Crippen LogP contribution is -2.33. The number of carbonyl (C=O) groups is 1. The van der Waals surface area contributed by atoms with Crippen LogP contribution in [0, 0.1) is 20.8 Å². The van der Waals surface area contributed by atoms with Crippen LogP contribution >= 0.6 is 11.3 Å². The van der Waals surface area contributed by atoms with Gasteiger partial charge in [0.05, 0.1) is 6.54 Å². The van der Waals surface area contributed by atoms with Crippen LogP contribution in [0.2, 0.25) is 0 Å². The summed E-state index contributed by atoms with van der Waals surface area (Å²) in [7, 11) is 0. The largest absolute Gasteiger partial charge is 0.504 e. The minimum atomic E-state index is -0.197. The summed E-state index contributed by atoms with van der Waals surface area (Å²) in [6.07, 6.45) is 0. The Morgan fingerprint density at radius 2 is 2.07 bits per heavy atom. The molecule has 140 valence electrons. The zero-order chi connectivity index (χ0) is 19.1. The van der Waals surface area contributed by atoms with Crippen LogP contribution in [0.25, 0.3) is 10.4 Å². The molecule has 1 aliphatic rings. The standard InChI is InChI=1S/C20H20N2O4S/c1-11-4-5-17(27-11)14-8-15-10-22(6-7-25-19(15)16(23)9-14)20(24)18-12(2)26-13(3)21-18/h4-5,8-9,23H,6-7,10H2,1-3H3. The molecule has 7 heteroatoms. The average molecular weight is 384 g/mol. The zero-order valence-electron chi connectivity index (χ0n) is 15.4. The number of fused-ring (bicyclic) bond motifs is 1. The lowest BCUT2D eigenvalue weighted by molar-refractivity contribution is 0.0726. The van der Waals surface area contributed by atoms with Crippen LogP contribution in [0.15, 0.2) is 28.7 Å². The molecule has 0 spiro atoms. The Hall–Kier alpha value is -2.80. The van der Waals surface area contributed by atoms with Crippen molar-refractivity contribution in [2.24, 2.45) is 0 Å². The molecule has 3 aromatic rings. The van der Waals surface area contributed by atoms with E-state index in [0.717, 1.165) is 16.0 Å². The number of aromatic hydroxyl groups is 1. The van der Waals surface area contributed by atoms with Gasteiger partial charge >= 0.3 is 0 Å². The molecule has 6 nitrogen and oxygen atoms in total. The Balaban J connectivity index is 1.69. The summed E-state index contributed by atoms with van der Waals surface area (Å²) in [5, 5.41) is 10.5. The van der Waals surface area contributed by atoms with E-state index in [2.05, 4.69) is 4.98 Å². The van der Waals surface area contributed by atoms with Crippen LogP contribution in [-0.4, -0.2) is 34.0 Å². The number of hydrogen-bond acceptors (Lipinski definition) is 6. The highest BCUT2D eigenvalue weighted by Gasteiger charge is 2.27. The van der Waals surface area contributed by atoms with Crippen molar-refractivity contribution < 1.29 is 19.1 Å². The third-order valence-electron chi connectivity index (χ3n) is 4.53. The lowest BCUT2D eigenvalue weighted by Gasteiger charge is -2.19. The van der Waals surface area contributed by atoms with Gasteiger partial charge in [0.1, 0.15) is 12.4 Å². The molecule has 2 aromatic heterocycles. The van der Waals surface area contributed by atoms with Crippen LogP contribution in [0.3, 0.4) is 0 Å². The van der Waals surface area contributed by atoms with Gasteiger partial charge in [-0.25, -0.2) is 4.98 Å². The monoisotopic (exact) mass is 384 g/mol. The number of aromatic nitrogens is 1. The van der Waals surface area contributed by atoms with Gasteiger partial charge in [0.2, 0.25) is 0 Å². The van der Waals surface area contributed by atoms with Gasteiger partial charge < -0.3 is 19.2 Å². The molecule has 1 amide bonds. The van der Waals surface area contributed by atoms with E-state index in [1.807, 2.05) is 25.1 Å². The molecule has 1 aromatic carbocycles. The third kappa shape index (κ3) is 3.30. The normalized spacial score (nSPS) is 13.8. The highest BCUT2D eigenvalue weighted by molar-refractivity contribution is 7.15. The number of nitrogens with zero attached hydrogens (tertiary/aromatic N) is 2. The number of amides is 1. The zero-order valence-corrected chi connectivity index (χ0v) is 16.2. The molecule has 0 bridgehead atoms. The van der Waals surface area contributed by atoms with Gasteiger partial charge in [-0.1, -0.05) is 0 Å². The molecule has 0 atom stereocenters. The van der Waals surface area contributed by atoms with Crippen LogP contribution in [0.4, 0.5) is 0 Å². The fourth-order valence-electron chi connectivity index (χ4n) is 3.28. The molecular formula is C20H20N2O4S. The van der Waals surface area contributed by atoms with E-state index in [-0.39, 0.29) is 11.7 Å². The highest BCUT2D eigenvalue weighted by atomic mass is 32.1. The minimum Gasteiger partial charge on any atom is -0.504 e. The first-order valence-electron chi connectivity index (χ1n) is 8.71. The van der Waals surface area contributed by atoms with E-state index >= 15 is 0 Å². The number of phenolic OH excluding ortho intramolecular Hbond substituents is 1. The minimum absolute atomic E-state index is 0.0938. The molecule has 0 aliphatic carbocycles. The number of ether oxygens (including phenoxy) is 1. The SMILES string of the molecule is Cc1nc(C(=O)N2CCOc3c(O)cc(-c4ccc(C)s4)cc3C2)c(C)o1. The van der Waals surface area contributed by atoms with Crippen LogP contribution in [-0.2, 0) is 6.54 Å². The number of rotatable bonds is 2. The first-order chi connectivity index (χ1) is 12.9. The number of aryl methyl sites for hydroxylation is 3. The molecule has 1 N–H and O–H groups in total. The summed E-state index contributed by atoms with van der Waals surface area (Å²) in [4.78, 5) is 21.1. The third-order valence-corrected chi connectivity index (χ3v) is 5.58. The summed E-state index contributed by atoms with van der Waals surface area (Å²) in [5.74, 6) is 1.31. The van der Waals surface area contributed by atoms with Gasteiger partial charge in [-0.3, -0.25) is 4.79 Å². The Morgan fingerprint density at radius 1 is 1.26 bits per heavy atom. The predicted molar refractivity (Wildman–Crippen MR) is 102 cm³/mol. The summed E-state index contributed by atoms with van der Waals surface area (Å²) in [5.41, 5.74) is 2.01. The van der Waals surface area contributed by atoms with Gasteiger partial charge in [0, 0.05) is 28.8 Å². The van der Waals surface area contributed by atoms with Gasteiger partial charge in [0.15, 0.2) is 23.1 Å². The maximum Gasteiger partial charge on any atom is 0.276 e. The number of oxazole rings is 1. The second-order valence-electron chi connectivity index (χ2n) is 6.61. The van der Waals surface area contributed by atoms with Crippen molar-refractivity contribution in [3.05, 3.63) is 52.1 Å². The van der Waals surface area contributed by atoms with Crippen molar-refractivity contribution in [2.75, 3.05) is 13.2 Å². The van der Waals surface area contributed by atoms with Crippen LogP contribution in [0.1, 0.15) is 32.6 Å². The lowest BCUT2D eigenvalue weighted by atomic mass is 10.1. The molecular weight excluding hydrogens is 364 g/mol. The van der Waals surface area contributed by atoms with Crippen LogP contribution in [0.5, 0.6) is 11.5 Å². The molecule has 4 rings (SSSR count). The first-order valence-corrected chi connectivity index (χ1v) is 9.53. The van der Waals surface area contributed by atoms with Crippen LogP contribution < -0.4 is 4.74 Å². The summed E-state index contributed by atoms with van der Waals surface area (Å²) >= 11 is 1.66. The average Bonchev–Trinajstić information content (AvgIpc) is 3.12. The fourth-order valence-corrected chi connectivity index (χ4v) is 4.14.